The summed E-state index contributed by atoms with van der Waals surface area (Å²) in [6, 6.07) is 55.0. The summed E-state index contributed by atoms with van der Waals surface area (Å²) in [5.74, 6) is 3.59. The number of rotatable bonds is 7. The van der Waals surface area contributed by atoms with Gasteiger partial charge in [-0.15, -0.1) is 0 Å². The Bertz CT molecular complexity index is 2730. The summed E-state index contributed by atoms with van der Waals surface area (Å²) in [6.45, 7) is 2.07. The van der Waals surface area contributed by atoms with Crippen LogP contribution in [0.25, 0.3) is 38.6 Å². The number of nitrogens with two attached hydrogens (primary N) is 1. The first kappa shape index (κ1) is 32.8. The number of benzene rings is 7. The molecule has 54 heavy (non-hydrogen) atoms. The lowest BCUT2D eigenvalue weighted by Gasteiger charge is -2.22. The second-order valence-corrected chi connectivity index (χ2v) is 13.3. The zero-order valence-corrected chi connectivity index (χ0v) is 29.9. The molecule has 0 fully saturated rings. The zero-order chi connectivity index (χ0) is 36.6. The van der Waals surface area contributed by atoms with Gasteiger partial charge in [0.25, 0.3) is 0 Å². The third kappa shape index (κ3) is 5.91. The number of ether oxygens (including phenoxy) is 2. The normalized spacial score (nSPS) is 13.1. The minimum atomic E-state index is -0.120. The number of nitrogens with one attached hydrogen (secondary N) is 1. The molecule has 3 N–H and O–H groups in total. The van der Waals surface area contributed by atoms with E-state index >= 15 is 0 Å². The summed E-state index contributed by atoms with van der Waals surface area (Å²) in [7, 11) is 1.95. The Morgan fingerprint density at radius 3 is 2.15 bits per heavy atom. The molecule has 0 amide bonds. The molecular formula is C47H37N5O2. The van der Waals surface area contributed by atoms with Crippen LogP contribution in [0.4, 0.5) is 5.69 Å². The van der Waals surface area contributed by atoms with E-state index in [-0.39, 0.29) is 6.04 Å². The molecule has 7 heteroatoms. The maximum atomic E-state index is 6.88. The fourth-order valence-corrected chi connectivity index (χ4v) is 7.20. The molecular weight excluding hydrogens is 667 g/mol. The number of nitrogens with zero attached hydrogens (tertiary/aromatic N) is 3. The lowest BCUT2D eigenvalue weighted by molar-refractivity contribution is 0.362. The van der Waals surface area contributed by atoms with Crippen molar-refractivity contribution in [1.82, 2.24) is 4.57 Å². The highest BCUT2D eigenvalue weighted by atomic mass is 16.6. The topological polar surface area (TPSA) is 86.2 Å². The molecule has 0 radical (unpaired) electrons. The molecule has 2 heterocycles. The molecule has 9 rings (SSSR count). The van der Waals surface area contributed by atoms with E-state index in [1.807, 2.05) is 104 Å². The lowest BCUT2D eigenvalue weighted by Crippen LogP contribution is -2.17. The molecule has 262 valence electrons. The fraction of sp³-hybridized carbons (Fsp3) is 0.0638. The Labute approximate surface area is 313 Å². The van der Waals surface area contributed by atoms with Crippen LogP contribution in [-0.4, -0.2) is 23.3 Å². The minimum Gasteiger partial charge on any atom is -0.449 e. The standard InChI is InChI=1S/C47H37N5O2/c1-30(31-14-5-3-6-15-31)50-47(32-16-7-4-8-17-32)51-46(48)34-18-13-19-35(28-34)52-40-26-24-33(36-20-9-10-21-39(36)49-2)29-38(40)37-25-27-43-45(44(37)52)54-42-23-12-11-22-41(42)53-43/h3-30,49H,1-2H3,(H2,48,50,51). The summed E-state index contributed by atoms with van der Waals surface area (Å²) in [5.41, 5.74) is 15.7. The van der Waals surface area contributed by atoms with Gasteiger partial charge in [-0.3, -0.25) is 4.99 Å². The van der Waals surface area contributed by atoms with E-state index in [4.69, 9.17) is 25.2 Å². The third-order valence-electron chi connectivity index (χ3n) is 9.89. The van der Waals surface area contributed by atoms with Crippen LogP contribution in [0.3, 0.4) is 0 Å². The van der Waals surface area contributed by atoms with Crippen LogP contribution in [0.5, 0.6) is 23.0 Å². The predicted molar refractivity (Wildman–Crippen MR) is 221 cm³/mol. The van der Waals surface area contributed by atoms with Gasteiger partial charge in [0.05, 0.1) is 11.6 Å². The Kier molecular flexibility index (Phi) is 8.36. The Balaban J connectivity index is 1.21. The van der Waals surface area contributed by atoms with E-state index in [2.05, 4.69) is 83.5 Å². The second kappa shape index (κ2) is 13.8. The summed E-state index contributed by atoms with van der Waals surface area (Å²) in [4.78, 5) is 10.0. The van der Waals surface area contributed by atoms with Crippen LogP contribution in [0, 0.1) is 0 Å². The van der Waals surface area contributed by atoms with Crippen LogP contribution in [0.2, 0.25) is 0 Å². The molecule has 0 spiro atoms. The molecule has 0 bridgehead atoms. The smallest absolute Gasteiger partial charge is 0.194 e. The Hall–Kier alpha value is -7.12. The Morgan fingerprint density at radius 2 is 1.35 bits per heavy atom. The first-order chi connectivity index (χ1) is 26.6. The molecule has 0 aliphatic carbocycles. The third-order valence-corrected chi connectivity index (χ3v) is 9.89. The quantitative estimate of drug-likeness (QED) is 0.128. The van der Waals surface area contributed by atoms with Crippen molar-refractivity contribution < 1.29 is 9.47 Å². The van der Waals surface area contributed by atoms with Gasteiger partial charge >= 0.3 is 0 Å². The highest BCUT2D eigenvalue weighted by Gasteiger charge is 2.26. The summed E-state index contributed by atoms with van der Waals surface area (Å²) < 4.78 is 15.3. The van der Waals surface area contributed by atoms with Gasteiger partial charge in [-0.1, -0.05) is 109 Å². The van der Waals surface area contributed by atoms with Gasteiger partial charge in [0.15, 0.2) is 28.8 Å². The van der Waals surface area contributed by atoms with Crippen LogP contribution < -0.4 is 20.5 Å². The average molecular weight is 704 g/mol. The van der Waals surface area contributed by atoms with Crippen molar-refractivity contribution in [2.45, 2.75) is 13.0 Å². The summed E-state index contributed by atoms with van der Waals surface area (Å²) in [5, 5.41) is 5.47. The van der Waals surface area contributed by atoms with E-state index in [1.54, 1.807) is 0 Å². The molecule has 1 unspecified atom stereocenters. The number of amidine groups is 2. The van der Waals surface area contributed by atoms with Crippen molar-refractivity contribution in [2.24, 2.45) is 15.7 Å². The lowest BCUT2D eigenvalue weighted by atomic mass is 10.0. The molecule has 1 aliphatic heterocycles. The highest BCUT2D eigenvalue weighted by Crippen LogP contribution is 2.51. The predicted octanol–water partition coefficient (Wildman–Crippen LogP) is 11.3. The van der Waals surface area contributed by atoms with E-state index in [1.165, 1.54) is 0 Å². The van der Waals surface area contributed by atoms with Crippen LogP contribution >= 0.6 is 0 Å². The number of para-hydroxylation sites is 3. The first-order valence-corrected chi connectivity index (χ1v) is 18.0. The largest absolute Gasteiger partial charge is 0.449 e. The van der Waals surface area contributed by atoms with Gasteiger partial charge in [-0.25, -0.2) is 4.99 Å². The molecule has 8 aromatic rings. The van der Waals surface area contributed by atoms with Crippen LogP contribution in [-0.2, 0) is 0 Å². The molecule has 0 saturated heterocycles. The van der Waals surface area contributed by atoms with E-state index in [0.29, 0.717) is 34.7 Å². The van der Waals surface area contributed by atoms with Crippen molar-refractivity contribution in [3.63, 3.8) is 0 Å². The SMILES string of the molecule is CNc1ccccc1-c1ccc2c(c1)c1ccc3c(c1n2-c1cccc(C(N)=NC(=NC(C)c2ccccc2)c2ccccc2)c1)Oc1ccccc1O3. The number of aromatic nitrogens is 1. The van der Waals surface area contributed by atoms with Crippen LogP contribution in [0.15, 0.2) is 174 Å². The molecule has 1 aliphatic rings. The van der Waals surface area contributed by atoms with Gasteiger partial charge in [0.1, 0.15) is 11.4 Å². The van der Waals surface area contributed by atoms with E-state index in [9.17, 15) is 0 Å². The molecule has 1 atom stereocenters. The van der Waals surface area contributed by atoms with Gasteiger partial charge in [0, 0.05) is 45.9 Å². The maximum Gasteiger partial charge on any atom is 0.194 e. The minimum absolute atomic E-state index is 0.120. The molecule has 7 aromatic carbocycles. The van der Waals surface area contributed by atoms with Gasteiger partial charge in [-0.05, 0) is 72.6 Å². The zero-order valence-electron chi connectivity index (χ0n) is 29.9. The highest BCUT2D eigenvalue weighted by molar-refractivity contribution is 6.14. The monoisotopic (exact) mass is 703 g/mol. The summed E-state index contributed by atoms with van der Waals surface area (Å²) in [6.07, 6.45) is 0. The number of hydrogen-bond acceptors (Lipinski definition) is 4. The van der Waals surface area contributed by atoms with Crippen molar-refractivity contribution in [1.29, 1.82) is 0 Å². The molecule has 0 saturated carbocycles. The van der Waals surface area contributed by atoms with Crippen molar-refractivity contribution in [2.75, 3.05) is 12.4 Å². The summed E-state index contributed by atoms with van der Waals surface area (Å²) >= 11 is 0. The van der Waals surface area contributed by atoms with Crippen molar-refractivity contribution >= 4 is 39.2 Å². The van der Waals surface area contributed by atoms with Crippen molar-refractivity contribution in [3.8, 4) is 39.8 Å². The van der Waals surface area contributed by atoms with Gasteiger partial charge in [0.2, 0.25) is 0 Å². The number of hydrogen-bond donors (Lipinski definition) is 2. The number of anilines is 1. The van der Waals surface area contributed by atoms with E-state index in [0.717, 1.165) is 61.0 Å². The molecule has 7 nitrogen and oxygen atoms in total. The van der Waals surface area contributed by atoms with E-state index < -0.39 is 0 Å². The van der Waals surface area contributed by atoms with Crippen LogP contribution in [0.1, 0.15) is 29.7 Å². The number of fused-ring (bicyclic) bond motifs is 6. The van der Waals surface area contributed by atoms with Gasteiger partial charge < -0.3 is 25.1 Å². The Morgan fingerprint density at radius 1 is 0.648 bits per heavy atom. The second-order valence-electron chi connectivity index (χ2n) is 13.3. The molecule has 1 aromatic heterocycles. The van der Waals surface area contributed by atoms with Gasteiger partial charge in [-0.2, -0.15) is 0 Å². The maximum absolute atomic E-state index is 6.88. The number of aliphatic imine (C=N–C) groups is 2. The first-order valence-electron chi connectivity index (χ1n) is 18.0. The van der Waals surface area contributed by atoms with Crippen molar-refractivity contribution in [3.05, 3.63) is 180 Å². The fourth-order valence-electron chi connectivity index (χ4n) is 7.20. The average Bonchev–Trinajstić information content (AvgIpc) is 3.57.